The highest BCUT2D eigenvalue weighted by atomic mass is 16.5. The first kappa shape index (κ1) is 19.5. The molecule has 3 heterocycles. The highest BCUT2D eigenvalue weighted by Crippen LogP contribution is 2.33. The summed E-state index contributed by atoms with van der Waals surface area (Å²) in [7, 11) is 3.26. The van der Waals surface area contributed by atoms with Crippen LogP contribution in [0.25, 0.3) is 0 Å². The van der Waals surface area contributed by atoms with Crippen molar-refractivity contribution in [2.24, 2.45) is 5.92 Å². The van der Waals surface area contributed by atoms with Gasteiger partial charge in [-0.3, -0.25) is 4.79 Å². The number of hydrogen-bond donors (Lipinski definition) is 0. The van der Waals surface area contributed by atoms with Crippen molar-refractivity contribution in [2.75, 3.05) is 38.8 Å². The molecule has 1 fully saturated rings. The van der Waals surface area contributed by atoms with Crippen molar-refractivity contribution in [2.45, 2.75) is 32.7 Å². The Labute approximate surface area is 171 Å². The number of hydrogen-bond acceptors (Lipinski definition) is 6. The van der Waals surface area contributed by atoms with Crippen LogP contribution >= 0.6 is 0 Å². The van der Waals surface area contributed by atoms with Gasteiger partial charge in [0.05, 0.1) is 19.8 Å². The minimum Gasteiger partial charge on any atom is -0.493 e. The maximum Gasteiger partial charge on any atom is 0.257 e. The van der Waals surface area contributed by atoms with E-state index in [1.807, 2.05) is 17.0 Å². The Bertz CT molecular complexity index is 884. The van der Waals surface area contributed by atoms with E-state index in [1.54, 1.807) is 26.6 Å². The fraction of sp³-hybridized carbons (Fsp3) is 0.500. The first-order valence-corrected chi connectivity index (χ1v) is 10.2. The Morgan fingerprint density at radius 1 is 1.07 bits per heavy atom. The lowest BCUT2D eigenvalue weighted by Gasteiger charge is -2.31. The first-order chi connectivity index (χ1) is 14.1. The summed E-state index contributed by atoms with van der Waals surface area (Å²) in [5.74, 6) is 2.74. The van der Waals surface area contributed by atoms with Gasteiger partial charge in [0.25, 0.3) is 5.91 Å². The maximum atomic E-state index is 13.0. The van der Waals surface area contributed by atoms with Gasteiger partial charge in [-0.05, 0) is 48.4 Å². The SMILES string of the molecule is COc1cc2c(cc1OC)CN(C(=O)c1cnc(N3CCCC(C)C3)nc1)CC2. The minimum absolute atomic E-state index is 0.0380. The zero-order valence-corrected chi connectivity index (χ0v) is 17.4. The van der Waals surface area contributed by atoms with Crippen LogP contribution in [-0.2, 0) is 13.0 Å². The number of amides is 1. The van der Waals surface area contributed by atoms with Gasteiger partial charge in [-0.25, -0.2) is 9.97 Å². The van der Waals surface area contributed by atoms with E-state index in [4.69, 9.17) is 9.47 Å². The molecule has 0 spiro atoms. The number of methoxy groups -OCH3 is 2. The summed E-state index contributed by atoms with van der Waals surface area (Å²) >= 11 is 0. The number of nitrogens with zero attached hydrogens (tertiary/aromatic N) is 4. The fourth-order valence-corrected chi connectivity index (χ4v) is 4.21. The molecule has 0 bridgehead atoms. The zero-order chi connectivity index (χ0) is 20.4. The Morgan fingerprint density at radius 3 is 2.41 bits per heavy atom. The lowest BCUT2D eigenvalue weighted by molar-refractivity contribution is 0.0733. The molecule has 1 amide bonds. The van der Waals surface area contributed by atoms with E-state index in [-0.39, 0.29) is 5.91 Å². The Hall–Kier alpha value is -2.83. The molecular weight excluding hydrogens is 368 g/mol. The van der Waals surface area contributed by atoms with Crippen molar-refractivity contribution >= 4 is 11.9 Å². The molecule has 0 aliphatic carbocycles. The van der Waals surface area contributed by atoms with E-state index >= 15 is 0 Å². The van der Waals surface area contributed by atoms with Gasteiger partial charge in [-0.2, -0.15) is 0 Å². The van der Waals surface area contributed by atoms with Crippen LogP contribution in [0, 0.1) is 5.92 Å². The van der Waals surface area contributed by atoms with Crippen LogP contribution in [0.3, 0.4) is 0 Å². The van der Waals surface area contributed by atoms with Gasteiger partial charge in [0.2, 0.25) is 5.95 Å². The van der Waals surface area contributed by atoms with Gasteiger partial charge in [-0.15, -0.1) is 0 Å². The monoisotopic (exact) mass is 396 g/mol. The van der Waals surface area contributed by atoms with Gasteiger partial charge in [0, 0.05) is 38.6 Å². The van der Waals surface area contributed by atoms with Crippen LogP contribution in [0.15, 0.2) is 24.5 Å². The van der Waals surface area contributed by atoms with Crippen LogP contribution in [0.4, 0.5) is 5.95 Å². The fourth-order valence-electron chi connectivity index (χ4n) is 4.21. The molecule has 2 aromatic rings. The number of ether oxygens (including phenoxy) is 2. The van der Waals surface area contributed by atoms with E-state index in [0.717, 1.165) is 37.2 Å². The number of rotatable bonds is 4. The number of fused-ring (bicyclic) bond motifs is 1. The number of benzene rings is 1. The molecule has 7 nitrogen and oxygen atoms in total. The van der Waals surface area contributed by atoms with E-state index in [0.29, 0.717) is 36.3 Å². The molecule has 7 heteroatoms. The van der Waals surface area contributed by atoms with Gasteiger partial charge < -0.3 is 19.3 Å². The molecular formula is C22H28N4O3. The molecule has 1 aromatic carbocycles. The first-order valence-electron chi connectivity index (χ1n) is 10.2. The highest BCUT2D eigenvalue weighted by Gasteiger charge is 2.25. The van der Waals surface area contributed by atoms with E-state index in [1.165, 1.54) is 12.0 Å². The Kier molecular flexibility index (Phi) is 5.56. The summed E-state index contributed by atoms with van der Waals surface area (Å²) in [6.07, 6.45) is 6.51. The van der Waals surface area contributed by atoms with Crippen LogP contribution in [0.5, 0.6) is 11.5 Å². The maximum absolute atomic E-state index is 13.0. The summed E-state index contributed by atoms with van der Waals surface area (Å²) in [4.78, 5) is 26.0. The zero-order valence-electron chi connectivity index (χ0n) is 17.4. The number of piperidine rings is 1. The molecule has 0 saturated carbocycles. The van der Waals surface area contributed by atoms with Gasteiger partial charge >= 0.3 is 0 Å². The second kappa shape index (κ2) is 8.27. The van der Waals surface area contributed by atoms with Gasteiger partial charge in [0.15, 0.2) is 11.5 Å². The Morgan fingerprint density at radius 2 is 1.76 bits per heavy atom. The quantitative estimate of drug-likeness (QED) is 0.792. The number of carbonyl (C=O) groups is 1. The van der Waals surface area contributed by atoms with Gasteiger partial charge in [0.1, 0.15) is 0 Å². The summed E-state index contributed by atoms with van der Waals surface area (Å²) in [6, 6.07) is 3.97. The minimum atomic E-state index is -0.0380. The molecule has 154 valence electrons. The van der Waals surface area contributed by atoms with Crippen molar-refractivity contribution in [3.05, 3.63) is 41.2 Å². The van der Waals surface area contributed by atoms with Crippen LogP contribution in [0.2, 0.25) is 0 Å². The van der Waals surface area contributed by atoms with Crippen molar-refractivity contribution in [3.8, 4) is 11.5 Å². The third-order valence-corrected chi connectivity index (χ3v) is 5.83. The van der Waals surface area contributed by atoms with Crippen molar-refractivity contribution in [1.82, 2.24) is 14.9 Å². The molecule has 1 unspecified atom stereocenters. The molecule has 1 aromatic heterocycles. The molecule has 0 radical (unpaired) electrons. The highest BCUT2D eigenvalue weighted by molar-refractivity contribution is 5.93. The third-order valence-electron chi connectivity index (χ3n) is 5.83. The average molecular weight is 396 g/mol. The van der Waals surface area contributed by atoms with Gasteiger partial charge in [-0.1, -0.05) is 6.92 Å². The van der Waals surface area contributed by atoms with Crippen LogP contribution < -0.4 is 14.4 Å². The van der Waals surface area contributed by atoms with Crippen LogP contribution in [-0.4, -0.2) is 54.6 Å². The normalized spacial score (nSPS) is 18.9. The topological polar surface area (TPSA) is 67.8 Å². The predicted molar refractivity (Wildman–Crippen MR) is 111 cm³/mol. The second-order valence-electron chi connectivity index (χ2n) is 7.92. The third kappa shape index (κ3) is 3.99. The van der Waals surface area contributed by atoms with E-state index in [9.17, 15) is 4.79 Å². The molecule has 1 atom stereocenters. The van der Waals surface area contributed by atoms with Crippen molar-refractivity contribution in [3.63, 3.8) is 0 Å². The van der Waals surface area contributed by atoms with E-state index in [2.05, 4.69) is 21.8 Å². The standard InChI is InChI=1S/C22H28N4O3/c1-15-5-4-7-26(13-15)22-23-11-18(12-24-22)21(27)25-8-6-16-9-19(28-2)20(29-3)10-17(16)14-25/h9-12,15H,4-8,13-14H2,1-3H3. The van der Waals surface area contributed by atoms with Crippen LogP contribution in [0.1, 0.15) is 41.3 Å². The molecule has 1 saturated heterocycles. The lowest BCUT2D eigenvalue weighted by atomic mass is 9.98. The predicted octanol–water partition coefficient (Wildman–Crippen LogP) is 2.93. The summed E-state index contributed by atoms with van der Waals surface area (Å²) in [5, 5.41) is 0. The number of anilines is 1. The lowest BCUT2D eigenvalue weighted by Crippen LogP contribution is -2.37. The van der Waals surface area contributed by atoms with Crippen molar-refractivity contribution < 1.29 is 14.3 Å². The molecule has 0 N–H and O–H groups in total. The largest absolute Gasteiger partial charge is 0.493 e. The summed E-state index contributed by atoms with van der Waals surface area (Å²) in [5.41, 5.74) is 2.81. The second-order valence-corrected chi connectivity index (χ2v) is 7.92. The molecule has 2 aliphatic heterocycles. The number of aromatic nitrogens is 2. The summed E-state index contributed by atoms with van der Waals surface area (Å²) < 4.78 is 10.8. The summed E-state index contributed by atoms with van der Waals surface area (Å²) in [6.45, 7) is 5.41. The Balaban J connectivity index is 1.48. The molecule has 29 heavy (non-hydrogen) atoms. The smallest absolute Gasteiger partial charge is 0.257 e. The number of carbonyl (C=O) groups excluding carboxylic acids is 1. The van der Waals surface area contributed by atoms with E-state index < -0.39 is 0 Å². The average Bonchev–Trinajstić information content (AvgIpc) is 2.77. The molecule has 2 aliphatic rings. The molecule has 4 rings (SSSR count). The van der Waals surface area contributed by atoms with Crippen molar-refractivity contribution in [1.29, 1.82) is 0 Å².